The van der Waals surface area contributed by atoms with Crippen LogP contribution in [0.4, 0.5) is 5.69 Å². The Kier molecular flexibility index (Phi) is 7.48. The van der Waals surface area contributed by atoms with E-state index in [1.165, 1.54) is 7.11 Å². The summed E-state index contributed by atoms with van der Waals surface area (Å²) >= 11 is 3.34. The van der Waals surface area contributed by atoms with Crippen LogP contribution in [0.5, 0.6) is 5.75 Å². The first-order valence-electron chi connectivity index (χ1n) is 9.20. The van der Waals surface area contributed by atoms with Crippen LogP contribution in [0, 0.1) is 13.8 Å². The summed E-state index contributed by atoms with van der Waals surface area (Å²) in [6.45, 7) is 3.70. The van der Waals surface area contributed by atoms with Crippen molar-refractivity contribution in [3.05, 3.63) is 69.7 Å². The van der Waals surface area contributed by atoms with Crippen LogP contribution in [-0.2, 0) is 15.3 Å². The number of carbonyl (C=O) groups excluding carboxylic acids is 2. The molecule has 0 saturated heterocycles. The van der Waals surface area contributed by atoms with Crippen molar-refractivity contribution in [1.82, 2.24) is 4.98 Å². The molecule has 3 rings (SSSR count). The largest absolute Gasteiger partial charge is 0.482 e. The molecule has 0 atom stereocenters. The van der Waals surface area contributed by atoms with Gasteiger partial charge in [0.25, 0.3) is 5.91 Å². The van der Waals surface area contributed by atoms with Crippen molar-refractivity contribution in [3.8, 4) is 5.75 Å². The molecule has 0 unspecified atom stereocenters. The third-order valence-electron chi connectivity index (χ3n) is 4.20. The van der Waals surface area contributed by atoms with E-state index in [-0.39, 0.29) is 12.5 Å². The van der Waals surface area contributed by atoms with Crippen LogP contribution in [0.15, 0.2) is 52.7 Å². The first kappa shape index (κ1) is 21.9. The summed E-state index contributed by atoms with van der Waals surface area (Å²) in [6.07, 6.45) is 0. The Morgan fingerprint density at radius 1 is 1.13 bits per heavy atom. The van der Waals surface area contributed by atoms with Gasteiger partial charge in [-0.1, -0.05) is 0 Å². The Labute approximate surface area is 183 Å². The van der Waals surface area contributed by atoms with Gasteiger partial charge in [-0.15, -0.1) is 23.1 Å². The first-order valence-corrected chi connectivity index (χ1v) is 11.1. The highest BCUT2D eigenvalue weighted by atomic mass is 32.2. The topological polar surface area (TPSA) is 77.5 Å². The van der Waals surface area contributed by atoms with Crippen molar-refractivity contribution in [1.29, 1.82) is 0 Å². The lowest BCUT2D eigenvalue weighted by atomic mass is 10.1. The van der Waals surface area contributed by atoms with Gasteiger partial charge >= 0.3 is 5.97 Å². The van der Waals surface area contributed by atoms with Crippen LogP contribution < -0.4 is 10.1 Å². The molecule has 1 amide bonds. The van der Waals surface area contributed by atoms with Crippen LogP contribution in [-0.4, -0.2) is 30.6 Å². The molecule has 8 heteroatoms. The Morgan fingerprint density at radius 3 is 2.53 bits per heavy atom. The Morgan fingerprint density at radius 2 is 1.90 bits per heavy atom. The van der Waals surface area contributed by atoms with E-state index in [1.807, 2.05) is 38.1 Å². The van der Waals surface area contributed by atoms with Crippen LogP contribution in [0.25, 0.3) is 0 Å². The van der Waals surface area contributed by atoms with Crippen molar-refractivity contribution in [2.24, 2.45) is 0 Å². The number of thiazole rings is 1. The maximum Gasteiger partial charge on any atom is 0.343 e. The first-order chi connectivity index (χ1) is 14.4. The SMILES string of the molecule is COC(=O)COc1ccc(NC(=O)c2ccc(SCc3csc(C)n3)cc2)c(C)c1. The highest BCUT2D eigenvalue weighted by Gasteiger charge is 2.10. The summed E-state index contributed by atoms with van der Waals surface area (Å²) in [7, 11) is 1.31. The summed E-state index contributed by atoms with van der Waals surface area (Å²) < 4.78 is 9.91. The van der Waals surface area contributed by atoms with E-state index in [1.54, 1.807) is 41.3 Å². The molecule has 0 fully saturated rings. The van der Waals surface area contributed by atoms with E-state index in [0.717, 1.165) is 26.9 Å². The Hall–Kier alpha value is -2.84. The number of ether oxygens (including phenoxy) is 2. The van der Waals surface area contributed by atoms with Gasteiger partial charge < -0.3 is 14.8 Å². The molecule has 2 aromatic carbocycles. The molecule has 0 aliphatic rings. The van der Waals surface area contributed by atoms with Gasteiger partial charge in [0, 0.05) is 27.3 Å². The smallest absolute Gasteiger partial charge is 0.343 e. The molecular formula is C22H22N2O4S2. The van der Waals surface area contributed by atoms with Gasteiger partial charge in [0.15, 0.2) is 6.61 Å². The molecule has 0 bridgehead atoms. The lowest BCUT2D eigenvalue weighted by molar-refractivity contribution is -0.142. The molecule has 156 valence electrons. The second-order valence-electron chi connectivity index (χ2n) is 6.47. The highest BCUT2D eigenvalue weighted by molar-refractivity contribution is 7.98. The zero-order chi connectivity index (χ0) is 21.5. The second-order valence-corrected chi connectivity index (χ2v) is 8.58. The Bertz CT molecular complexity index is 1030. The summed E-state index contributed by atoms with van der Waals surface area (Å²) in [5, 5.41) is 6.04. The maximum atomic E-state index is 12.6. The maximum absolute atomic E-state index is 12.6. The average molecular weight is 443 g/mol. The zero-order valence-corrected chi connectivity index (χ0v) is 18.6. The molecule has 0 spiro atoms. The number of nitrogens with one attached hydrogen (secondary N) is 1. The zero-order valence-electron chi connectivity index (χ0n) is 16.9. The van der Waals surface area contributed by atoms with Gasteiger partial charge in [0.05, 0.1) is 17.8 Å². The van der Waals surface area contributed by atoms with Gasteiger partial charge in [-0.2, -0.15) is 0 Å². The number of carbonyl (C=O) groups is 2. The number of methoxy groups -OCH3 is 1. The standard InChI is InChI=1S/C22H22N2O4S2/c1-14-10-18(28-11-21(25)27-3)6-9-20(14)24-22(26)16-4-7-19(8-5-16)30-13-17-12-29-15(2)23-17/h4-10,12H,11,13H2,1-3H3,(H,24,26). The predicted octanol–water partition coefficient (Wildman–Crippen LogP) is 4.86. The predicted molar refractivity (Wildman–Crippen MR) is 119 cm³/mol. The third-order valence-corrected chi connectivity index (χ3v) is 6.07. The molecule has 6 nitrogen and oxygen atoms in total. The second kappa shape index (κ2) is 10.3. The fourth-order valence-electron chi connectivity index (χ4n) is 2.60. The number of aryl methyl sites for hydroxylation is 2. The quantitative estimate of drug-likeness (QED) is 0.397. The van der Waals surface area contributed by atoms with Crippen LogP contribution in [0.1, 0.15) is 26.6 Å². The summed E-state index contributed by atoms with van der Waals surface area (Å²) in [5.41, 5.74) is 3.16. The minimum atomic E-state index is -0.451. The number of rotatable bonds is 8. The fourth-order valence-corrected chi connectivity index (χ4v) is 4.11. The number of amides is 1. The normalized spacial score (nSPS) is 10.5. The van der Waals surface area contributed by atoms with Crippen molar-refractivity contribution in [3.63, 3.8) is 0 Å². The summed E-state index contributed by atoms with van der Waals surface area (Å²) in [4.78, 5) is 29.3. The number of hydrogen-bond donors (Lipinski definition) is 1. The molecule has 0 saturated carbocycles. The number of nitrogens with zero attached hydrogens (tertiary/aromatic N) is 1. The van der Waals surface area contributed by atoms with Gasteiger partial charge in [0.2, 0.25) is 0 Å². The van der Waals surface area contributed by atoms with Gasteiger partial charge in [-0.05, 0) is 61.9 Å². The van der Waals surface area contributed by atoms with E-state index < -0.39 is 5.97 Å². The monoisotopic (exact) mass is 442 g/mol. The van der Waals surface area contributed by atoms with Crippen LogP contribution in [0.2, 0.25) is 0 Å². The number of benzene rings is 2. The molecule has 1 aromatic heterocycles. The molecule has 30 heavy (non-hydrogen) atoms. The van der Waals surface area contributed by atoms with Gasteiger partial charge in [-0.25, -0.2) is 9.78 Å². The van der Waals surface area contributed by atoms with E-state index in [0.29, 0.717) is 17.0 Å². The fraction of sp³-hybridized carbons (Fsp3) is 0.227. The lowest BCUT2D eigenvalue weighted by Gasteiger charge is -2.11. The van der Waals surface area contributed by atoms with Crippen molar-refractivity contribution < 1.29 is 19.1 Å². The van der Waals surface area contributed by atoms with Crippen LogP contribution in [0.3, 0.4) is 0 Å². The molecule has 3 aromatic rings. The molecule has 1 N–H and O–H groups in total. The number of thioether (sulfide) groups is 1. The molecule has 1 heterocycles. The summed E-state index contributed by atoms with van der Waals surface area (Å²) in [6, 6.07) is 12.7. The lowest BCUT2D eigenvalue weighted by Crippen LogP contribution is -2.14. The number of aromatic nitrogens is 1. The van der Waals surface area contributed by atoms with Crippen molar-refractivity contribution in [2.45, 2.75) is 24.5 Å². The van der Waals surface area contributed by atoms with E-state index in [4.69, 9.17) is 4.74 Å². The molecular weight excluding hydrogens is 420 g/mol. The highest BCUT2D eigenvalue weighted by Crippen LogP contribution is 2.25. The molecule has 0 aliphatic carbocycles. The minimum absolute atomic E-state index is 0.159. The number of esters is 1. The van der Waals surface area contributed by atoms with Gasteiger partial charge in [-0.3, -0.25) is 4.79 Å². The minimum Gasteiger partial charge on any atom is -0.482 e. The third kappa shape index (κ3) is 6.08. The van der Waals surface area contributed by atoms with Crippen LogP contribution >= 0.6 is 23.1 Å². The van der Waals surface area contributed by atoms with E-state index in [9.17, 15) is 9.59 Å². The average Bonchev–Trinajstić information content (AvgIpc) is 3.17. The van der Waals surface area contributed by atoms with E-state index >= 15 is 0 Å². The number of hydrogen-bond acceptors (Lipinski definition) is 7. The van der Waals surface area contributed by atoms with Crippen molar-refractivity contribution in [2.75, 3.05) is 19.0 Å². The van der Waals surface area contributed by atoms with E-state index in [2.05, 4.69) is 20.4 Å². The Balaban J connectivity index is 1.56. The van der Waals surface area contributed by atoms with Gasteiger partial charge in [0.1, 0.15) is 5.75 Å². The molecule has 0 radical (unpaired) electrons. The molecule has 0 aliphatic heterocycles. The summed E-state index contributed by atoms with van der Waals surface area (Å²) in [5.74, 6) is 0.702. The van der Waals surface area contributed by atoms with Crippen molar-refractivity contribution >= 4 is 40.7 Å². The number of anilines is 1.